The molecule has 3 nitrogen and oxygen atoms in total. The zero-order valence-electron chi connectivity index (χ0n) is 8.12. The molecule has 2 rings (SSSR count). The molecule has 0 spiro atoms. The van der Waals surface area contributed by atoms with Gasteiger partial charge in [-0.25, -0.2) is 9.37 Å². The monoisotopic (exact) mass is 204 g/mol. The summed E-state index contributed by atoms with van der Waals surface area (Å²) in [6.07, 6.45) is 1.30. The first-order valence-corrected chi connectivity index (χ1v) is 4.47. The molecule has 0 unspecified atom stereocenters. The second kappa shape index (κ2) is 3.65. The minimum atomic E-state index is -0.327. The van der Waals surface area contributed by atoms with Crippen molar-refractivity contribution >= 4 is 0 Å². The summed E-state index contributed by atoms with van der Waals surface area (Å²) in [5.41, 5.74) is 1.63. The first-order valence-electron chi connectivity index (χ1n) is 4.47. The van der Waals surface area contributed by atoms with Crippen LogP contribution in [-0.2, 0) is 0 Å². The van der Waals surface area contributed by atoms with Gasteiger partial charge in [-0.05, 0) is 30.7 Å². The van der Waals surface area contributed by atoms with Gasteiger partial charge in [0.15, 0.2) is 0 Å². The molecule has 0 radical (unpaired) electrons. The molecule has 0 fully saturated rings. The highest BCUT2D eigenvalue weighted by Gasteiger charge is 2.02. The molecule has 0 aliphatic heterocycles. The van der Waals surface area contributed by atoms with Crippen molar-refractivity contribution in [2.75, 3.05) is 0 Å². The summed E-state index contributed by atoms with van der Waals surface area (Å²) in [5, 5.41) is 0. The molecule has 0 saturated carbocycles. The number of aromatic amines is 1. The maximum Gasteiger partial charge on any atom is 0.251 e. The third-order valence-corrected chi connectivity index (χ3v) is 2.02. The smallest absolute Gasteiger partial charge is 0.251 e. The molecule has 0 aliphatic carbocycles. The normalized spacial score (nSPS) is 10.3. The van der Waals surface area contributed by atoms with Gasteiger partial charge in [-0.2, -0.15) is 0 Å². The van der Waals surface area contributed by atoms with Crippen molar-refractivity contribution in [3.8, 4) is 11.3 Å². The van der Waals surface area contributed by atoms with Gasteiger partial charge in [0.25, 0.3) is 5.56 Å². The summed E-state index contributed by atoms with van der Waals surface area (Å²) < 4.78 is 13.1. The van der Waals surface area contributed by atoms with E-state index >= 15 is 0 Å². The maximum absolute atomic E-state index is 13.1. The third kappa shape index (κ3) is 2.10. The fourth-order valence-corrected chi connectivity index (χ4v) is 1.41. The topological polar surface area (TPSA) is 45.8 Å². The molecular weight excluding hydrogens is 195 g/mol. The molecule has 1 N–H and O–H groups in total. The van der Waals surface area contributed by atoms with Crippen LogP contribution in [-0.4, -0.2) is 9.97 Å². The van der Waals surface area contributed by atoms with Gasteiger partial charge in [0.05, 0.1) is 12.0 Å². The van der Waals surface area contributed by atoms with Crippen molar-refractivity contribution in [1.29, 1.82) is 0 Å². The van der Waals surface area contributed by atoms with Gasteiger partial charge in [-0.3, -0.25) is 4.79 Å². The van der Waals surface area contributed by atoms with Crippen molar-refractivity contribution in [2.45, 2.75) is 6.92 Å². The molecule has 1 aromatic carbocycles. The number of nitrogens with zero attached hydrogens (tertiary/aromatic N) is 1. The molecule has 1 aromatic heterocycles. The number of hydrogen-bond acceptors (Lipinski definition) is 2. The van der Waals surface area contributed by atoms with Gasteiger partial charge in [-0.1, -0.05) is 0 Å². The fraction of sp³-hybridized carbons (Fsp3) is 0.0909. The van der Waals surface area contributed by atoms with Crippen LogP contribution >= 0.6 is 0 Å². The van der Waals surface area contributed by atoms with Crippen LogP contribution in [0.3, 0.4) is 0 Å². The number of benzene rings is 1. The third-order valence-electron chi connectivity index (χ3n) is 2.02. The second-order valence-corrected chi connectivity index (χ2v) is 3.31. The second-order valence-electron chi connectivity index (χ2n) is 3.31. The maximum atomic E-state index is 13.1. The van der Waals surface area contributed by atoms with Gasteiger partial charge >= 0.3 is 0 Å². The van der Waals surface area contributed by atoms with Crippen LogP contribution in [0.15, 0.2) is 35.4 Å². The Labute approximate surface area is 85.6 Å². The van der Waals surface area contributed by atoms with Gasteiger partial charge in [0.2, 0.25) is 0 Å². The van der Waals surface area contributed by atoms with Crippen LogP contribution in [0.25, 0.3) is 11.3 Å². The minimum absolute atomic E-state index is 0.248. The lowest BCUT2D eigenvalue weighted by Crippen LogP contribution is -2.04. The predicted molar refractivity (Wildman–Crippen MR) is 55.0 cm³/mol. The van der Waals surface area contributed by atoms with E-state index < -0.39 is 0 Å². The Morgan fingerprint density at radius 2 is 2.07 bits per heavy atom. The number of halogens is 1. The molecule has 4 heteroatoms. The number of H-pyrrole nitrogens is 1. The molecule has 1 heterocycles. The van der Waals surface area contributed by atoms with Crippen molar-refractivity contribution in [3.63, 3.8) is 0 Å². The quantitative estimate of drug-likeness (QED) is 0.770. The van der Waals surface area contributed by atoms with E-state index in [1.165, 1.54) is 24.5 Å². The Balaban J connectivity index is 2.58. The summed E-state index contributed by atoms with van der Waals surface area (Å²) in [7, 11) is 0. The highest BCUT2D eigenvalue weighted by molar-refractivity contribution is 5.59. The molecule has 0 amide bonds. The van der Waals surface area contributed by atoms with Crippen LogP contribution in [0.4, 0.5) is 4.39 Å². The van der Waals surface area contributed by atoms with E-state index in [1.54, 1.807) is 13.0 Å². The number of nitrogens with one attached hydrogen (secondary N) is 1. The van der Waals surface area contributed by atoms with E-state index in [4.69, 9.17) is 0 Å². The highest BCUT2D eigenvalue weighted by Crippen LogP contribution is 2.17. The van der Waals surface area contributed by atoms with E-state index in [-0.39, 0.29) is 11.4 Å². The molecule has 15 heavy (non-hydrogen) atoms. The summed E-state index contributed by atoms with van der Waals surface area (Å²) >= 11 is 0. The highest BCUT2D eigenvalue weighted by atomic mass is 19.1. The van der Waals surface area contributed by atoms with E-state index in [2.05, 4.69) is 9.97 Å². The minimum Gasteiger partial charge on any atom is -0.313 e. The molecule has 76 valence electrons. The predicted octanol–water partition coefficient (Wildman–Crippen LogP) is 1.88. The van der Waals surface area contributed by atoms with Crippen molar-refractivity contribution in [3.05, 3.63) is 52.3 Å². The number of aromatic nitrogens is 2. The molecular formula is C11H9FN2O. The summed E-state index contributed by atoms with van der Waals surface area (Å²) in [6.45, 7) is 1.79. The van der Waals surface area contributed by atoms with E-state index in [0.717, 1.165) is 5.56 Å². The SMILES string of the molecule is Cc1cc(F)cc(-c2cc(=O)[nH]cn2)c1. The Kier molecular flexibility index (Phi) is 2.33. The zero-order valence-corrected chi connectivity index (χ0v) is 8.12. The van der Waals surface area contributed by atoms with Crippen molar-refractivity contribution in [1.82, 2.24) is 9.97 Å². The van der Waals surface area contributed by atoms with E-state index in [0.29, 0.717) is 11.3 Å². The number of rotatable bonds is 1. The Bertz CT molecular complexity index is 528. The van der Waals surface area contributed by atoms with Crippen LogP contribution in [0.2, 0.25) is 0 Å². The summed E-state index contributed by atoms with van der Waals surface area (Å²) in [5.74, 6) is -0.327. The van der Waals surface area contributed by atoms with Gasteiger partial charge in [0, 0.05) is 11.6 Å². The average molecular weight is 204 g/mol. The van der Waals surface area contributed by atoms with Crippen LogP contribution < -0.4 is 5.56 Å². The van der Waals surface area contributed by atoms with Crippen molar-refractivity contribution < 1.29 is 4.39 Å². The standard InChI is InChI=1S/C11H9FN2O/c1-7-2-8(4-9(12)3-7)10-5-11(15)14-6-13-10/h2-6H,1H3,(H,13,14,15). The Morgan fingerprint density at radius 1 is 1.27 bits per heavy atom. The lowest BCUT2D eigenvalue weighted by atomic mass is 10.1. The lowest BCUT2D eigenvalue weighted by molar-refractivity contribution is 0.627. The molecule has 0 bridgehead atoms. The van der Waals surface area contributed by atoms with Gasteiger partial charge in [0.1, 0.15) is 5.82 Å². The average Bonchev–Trinajstić information content (AvgIpc) is 2.16. The first-order chi connectivity index (χ1) is 7.15. The summed E-state index contributed by atoms with van der Waals surface area (Å²) in [6, 6.07) is 5.91. The van der Waals surface area contributed by atoms with Crippen LogP contribution in [0.1, 0.15) is 5.56 Å². The summed E-state index contributed by atoms with van der Waals surface area (Å²) in [4.78, 5) is 17.4. The zero-order chi connectivity index (χ0) is 10.8. The van der Waals surface area contributed by atoms with Gasteiger partial charge < -0.3 is 4.98 Å². The lowest BCUT2D eigenvalue weighted by Gasteiger charge is -2.01. The number of aryl methyl sites for hydroxylation is 1. The van der Waals surface area contributed by atoms with Crippen LogP contribution in [0.5, 0.6) is 0 Å². The molecule has 0 aliphatic rings. The van der Waals surface area contributed by atoms with E-state index in [1.807, 2.05) is 0 Å². The van der Waals surface area contributed by atoms with Gasteiger partial charge in [-0.15, -0.1) is 0 Å². The Hall–Kier alpha value is -1.97. The van der Waals surface area contributed by atoms with Crippen LogP contribution in [0, 0.1) is 12.7 Å². The van der Waals surface area contributed by atoms with E-state index in [9.17, 15) is 9.18 Å². The Morgan fingerprint density at radius 3 is 2.73 bits per heavy atom. The molecule has 0 saturated heterocycles. The number of hydrogen-bond donors (Lipinski definition) is 1. The fourth-order valence-electron chi connectivity index (χ4n) is 1.41. The molecule has 2 aromatic rings. The largest absolute Gasteiger partial charge is 0.313 e. The molecule has 0 atom stereocenters. The first kappa shape index (κ1) is 9.58. The van der Waals surface area contributed by atoms with Crippen molar-refractivity contribution in [2.24, 2.45) is 0 Å².